The van der Waals surface area contributed by atoms with Gasteiger partial charge in [-0.25, -0.2) is 0 Å². The lowest BCUT2D eigenvalue weighted by atomic mass is 9.52. The van der Waals surface area contributed by atoms with Crippen LogP contribution in [0.4, 0.5) is 5.69 Å². The quantitative estimate of drug-likeness (QED) is 0.144. The number of ether oxygens (including phenoxy) is 6. The van der Waals surface area contributed by atoms with Crippen LogP contribution in [0.1, 0.15) is 88.6 Å². The number of benzene rings is 6. The standard InChI is InChI=1S/C57H61NO6/c1-36(2)63-40-20-16-38(17-21-40)57(37-14-18-39(19-15-37)58-26-28-62-29-27-58)25-24-44-52-51(43-12-10-11-13-48(43)56(52)34-54(3,4)33-55(5,6)35-56)46-31-45(50(61-9)32-47(46)53(44)64-57)42-23-22-41(59-7)30-49(42)60-8/h10-25,30-32,36H,26-29,33-35H2,1-9H3. The van der Waals surface area contributed by atoms with Crippen LogP contribution in [0.3, 0.4) is 0 Å². The topological polar surface area (TPSA) is 58.6 Å². The zero-order valence-electron chi connectivity index (χ0n) is 38.9. The van der Waals surface area contributed by atoms with Crippen molar-refractivity contribution in [2.24, 2.45) is 10.8 Å². The van der Waals surface area contributed by atoms with Crippen molar-refractivity contribution in [1.29, 1.82) is 0 Å². The van der Waals surface area contributed by atoms with Crippen molar-refractivity contribution in [3.05, 3.63) is 137 Å². The van der Waals surface area contributed by atoms with Crippen molar-refractivity contribution in [2.45, 2.75) is 77.9 Å². The fraction of sp³-hybridized carbons (Fsp3) is 0.368. The predicted octanol–water partition coefficient (Wildman–Crippen LogP) is 13.0. The van der Waals surface area contributed by atoms with Gasteiger partial charge in [0.2, 0.25) is 0 Å². The summed E-state index contributed by atoms with van der Waals surface area (Å²) in [5.41, 5.74) is 10.5. The van der Waals surface area contributed by atoms with E-state index in [2.05, 4.69) is 150 Å². The van der Waals surface area contributed by atoms with E-state index in [9.17, 15) is 0 Å². The van der Waals surface area contributed by atoms with Crippen LogP contribution in [0.25, 0.3) is 39.1 Å². The molecule has 0 aromatic heterocycles. The van der Waals surface area contributed by atoms with E-state index in [0.29, 0.717) is 5.75 Å². The highest BCUT2D eigenvalue weighted by molar-refractivity contribution is 6.11. The van der Waals surface area contributed by atoms with Crippen molar-refractivity contribution < 1.29 is 28.4 Å². The lowest BCUT2D eigenvalue weighted by molar-refractivity contribution is 0.0642. The van der Waals surface area contributed by atoms with Gasteiger partial charge in [-0.05, 0) is 126 Å². The Balaban J connectivity index is 1.28. The molecule has 7 nitrogen and oxygen atoms in total. The second kappa shape index (κ2) is 15.7. The van der Waals surface area contributed by atoms with E-state index in [-0.39, 0.29) is 22.3 Å². The summed E-state index contributed by atoms with van der Waals surface area (Å²) >= 11 is 0. The molecular formula is C57H61NO6. The average molecular weight is 856 g/mol. The number of hydrogen-bond acceptors (Lipinski definition) is 7. The van der Waals surface area contributed by atoms with E-state index in [0.717, 1.165) is 107 Å². The molecule has 6 aromatic carbocycles. The van der Waals surface area contributed by atoms with Crippen LogP contribution in [0, 0.1) is 10.8 Å². The molecule has 1 unspecified atom stereocenters. The van der Waals surface area contributed by atoms with Gasteiger partial charge >= 0.3 is 0 Å². The molecule has 2 fully saturated rings. The Kier molecular flexibility index (Phi) is 10.3. The van der Waals surface area contributed by atoms with Crippen LogP contribution in [0.5, 0.6) is 28.7 Å². The Hall–Kier alpha value is -5.92. The summed E-state index contributed by atoms with van der Waals surface area (Å²) in [5.74, 6) is 3.85. The molecule has 330 valence electrons. The van der Waals surface area contributed by atoms with Crippen molar-refractivity contribution in [3.8, 4) is 51.0 Å². The molecule has 64 heavy (non-hydrogen) atoms. The summed E-state index contributed by atoms with van der Waals surface area (Å²) in [6.45, 7) is 17.2. The molecule has 0 amide bonds. The monoisotopic (exact) mass is 855 g/mol. The summed E-state index contributed by atoms with van der Waals surface area (Å²) in [5, 5.41) is 2.13. The van der Waals surface area contributed by atoms with Crippen LogP contribution in [-0.4, -0.2) is 53.7 Å². The lowest BCUT2D eigenvalue weighted by Gasteiger charge is -2.52. The highest BCUT2D eigenvalue weighted by Crippen LogP contribution is 2.67. The number of fused-ring (bicyclic) bond motifs is 10. The van der Waals surface area contributed by atoms with Gasteiger partial charge in [-0.1, -0.05) is 82.3 Å². The molecule has 2 heterocycles. The number of hydrogen-bond donors (Lipinski definition) is 0. The highest BCUT2D eigenvalue weighted by atomic mass is 16.5. The van der Waals surface area contributed by atoms with Gasteiger partial charge in [0.15, 0.2) is 5.60 Å². The van der Waals surface area contributed by atoms with Gasteiger partial charge in [0.25, 0.3) is 0 Å². The van der Waals surface area contributed by atoms with E-state index < -0.39 is 5.60 Å². The van der Waals surface area contributed by atoms with E-state index in [1.54, 1.807) is 21.3 Å². The Bertz CT molecular complexity index is 2760. The first kappa shape index (κ1) is 42.1. The zero-order valence-corrected chi connectivity index (χ0v) is 38.9. The summed E-state index contributed by atoms with van der Waals surface area (Å²) in [4.78, 5) is 2.40. The second-order valence-electron chi connectivity index (χ2n) is 20.2. The molecule has 10 rings (SSSR count). The SMILES string of the molecule is COc1ccc(-c2cc3c4c(c5c(c3cc2OC)OC(c2ccc(OC(C)C)cc2)(c2ccc(N3CCOCC3)cc2)C=C5)C2(CC(C)(C)CC(C)(C)C2)c2ccccc2-4)c(OC)c1. The van der Waals surface area contributed by atoms with Gasteiger partial charge in [-0.15, -0.1) is 0 Å². The van der Waals surface area contributed by atoms with E-state index >= 15 is 0 Å². The maximum atomic E-state index is 7.94. The summed E-state index contributed by atoms with van der Waals surface area (Å²) < 4.78 is 37.8. The largest absolute Gasteiger partial charge is 0.497 e. The molecule has 4 aliphatic rings. The van der Waals surface area contributed by atoms with Crippen LogP contribution in [-0.2, 0) is 15.8 Å². The van der Waals surface area contributed by atoms with Gasteiger partial charge < -0.3 is 33.3 Å². The molecule has 7 heteroatoms. The van der Waals surface area contributed by atoms with E-state index in [4.69, 9.17) is 28.4 Å². The fourth-order valence-corrected chi connectivity index (χ4v) is 12.4. The van der Waals surface area contributed by atoms with Crippen LogP contribution in [0.2, 0.25) is 0 Å². The second-order valence-corrected chi connectivity index (χ2v) is 20.2. The van der Waals surface area contributed by atoms with E-state index in [1.165, 1.54) is 27.9 Å². The first-order valence-corrected chi connectivity index (χ1v) is 22.9. The molecule has 0 N–H and O–H groups in total. The number of anilines is 1. The van der Waals surface area contributed by atoms with Gasteiger partial charge in [0, 0.05) is 63.5 Å². The van der Waals surface area contributed by atoms with Gasteiger partial charge in [0.1, 0.15) is 28.7 Å². The third-order valence-electron chi connectivity index (χ3n) is 14.1. The minimum atomic E-state index is -0.969. The molecule has 1 saturated heterocycles. The Labute approximate surface area is 378 Å². The molecular weight excluding hydrogens is 795 g/mol. The summed E-state index contributed by atoms with van der Waals surface area (Å²) in [7, 11) is 5.14. The number of methoxy groups -OCH3 is 3. The zero-order chi connectivity index (χ0) is 44.6. The predicted molar refractivity (Wildman–Crippen MR) is 259 cm³/mol. The van der Waals surface area contributed by atoms with Crippen molar-refractivity contribution >= 4 is 22.5 Å². The van der Waals surface area contributed by atoms with Gasteiger partial charge in [0.05, 0.1) is 40.6 Å². The summed E-state index contributed by atoms with van der Waals surface area (Å²) in [6.07, 6.45) is 7.97. The summed E-state index contributed by atoms with van der Waals surface area (Å²) in [6, 6.07) is 37.1. The van der Waals surface area contributed by atoms with Crippen LogP contribution in [0.15, 0.2) is 109 Å². The first-order chi connectivity index (χ1) is 30.8. The molecule has 2 aliphatic carbocycles. The molecule has 1 spiro atoms. The van der Waals surface area contributed by atoms with Crippen LogP contribution >= 0.6 is 0 Å². The third kappa shape index (κ3) is 6.90. The maximum absolute atomic E-state index is 7.94. The molecule has 1 atom stereocenters. The maximum Gasteiger partial charge on any atom is 0.178 e. The molecule has 0 radical (unpaired) electrons. The Morgan fingerprint density at radius 1 is 0.625 bits per heavy atom. The molecule has 2 aliphatic heterocycles. The lowest BCUT2D eigenvalue weighted by Crippen LogP contribution is -2.44. The minimum absolute atomic E-state index is 0.0580. The molecule has 6 aromatic rings. The Morgan fingerprint density at radius 2 is 1.27 bits per heavy atom. The van der Waals surface area contributed by atoms with Crippen LogP contribution < -0.4 is 28.6 Å². The highest BCUT2D eigenvalue weighted by Gasteiger charge is 2.55. The first-order valence-electron chi connectivity index (χ1n) is 22.9. The van der Waals surface area contributed by atoms with Gasteiger partial charge in [-0.3, -0.25) is 0 Å². The smallest absolute Gasteiger partial charge is 0.178 e. The van der Waals surface area contributed by atoms with Crippen molar-refractivity contribution in [3.63, 3.8) is 0 Å². The molecule has 1 saturated carbocycles. The number of nitrogens with zero attached hydrogens (tertiary/aromatic N) is 1. The third-order valence-corrected chi connectivity index (χ3v) is 14.1. The number of morpholine rings is 1. The number of rotatable bonds is 9. The fourth-order valence-electron chi connectivity index (χ4n) is 12.4. The van der Waals surface area contributed by atoms with Crippen molar-refractivity contribution in [2.75, 3.05) is 52.5 Å². The normalized spacial score (nSPS) is 20.1. The Morgan fingerprint density at radius 3 is 1.92 bits per heavy atom. The van der Waals surface area contributed by atoms with E-state index in [1.807, 2.05) is 12.1 Å². The van der Waals surface area contributed by atoms with Gasteiger partial charge in [-0.2, -0.15) is 0 Å². The molecule has 0 bridgehead atoms. The van der Waals surface area contributed by atoms with Crippen molar-refractivity contribution in [1.82, 2.24) is 0 Å². The average Bonchev–Trinajstić information content (AvgIpc) is 3.55. The minimum Gasteiger partial charge on any atom is -0.497 e.